The van der Waals surface area contributed by atoms with Crippen molar-refractivity contribution < 1.29 is 47.0 Å². The number of amides is 4. The first-order valence-corrected chi connectivity index (χ1v) is 19.7. The number of rotatable bonds is 16. The van der Waals surface area contributed by atoms with Crippen LogP contribution < -0.4 is 15.4 Å². The standard InChI is InChI=1S/C36H57N5O10S/c1-6-50-33(44)30(39-52(48,49)29-9-7-8-25(2)22-29)23-37-31(42)24-38-32(43)28(12-10-26-14-18-40(19-15-26)34(45)46)13-11-27-16-20-41(21-17-27)35(47)51-36(3,4)5/h7-9,22,26-28,30,39H,6,10-21,23-24H2,1-5H3,(H,37,42)(H,38,43)(H,45,46)/t28?,30-/m0/s1. The third-order valence-corrected chi connectivity index (χ3v) is 10.9. The number of aryl methyl sites for hydroxylation is 1. The van der Waals surface area contributed by atoms with Gasteiger partial charge in [-0.2, -0.15) is 4.72 Å². The molecule has 0 radical (unpaired) electrons. The Labute approximate surface area is 307 Å². The Kier molecular flexibility index (Phi) is 16.2. The van der Waals surface area contributed by atoms with E-state index < -0.39 is 39.6 Å². The number of ether oxygens (including phenoxy) is 2. The number of piperidine rings is 2. The molecule has 2 heterocycles. The summed E-state index contributed by atoms with van der Waals surface area (Å²) >= 11 is 0. The summed E-state index contributed by atoms with van der Waals surface area (Å²) in [6.07, 6.45) is 4.46. The second-order valence-electron chi connectivity index (χ2n) is 14.7. The Balaban J connectivity index is 1.56. The Morgan fingerprint density at radius 3 is 2.02 bits per heavy atom. The molecule has 292 valence electrons. The zero-order chi connectivity index (χ0) is 38.5. The Bertz CT molecular complexity index is 1480. The van der Waals surface area contributed by atoms with Crippen LogP contribution in [0.5, 0.6) is 0 Å². The lowest BCUT2D eigenvalue weighted by atomic mass is 9.84. The number of carbonyl (C=O) groups is 5. The molecule has 2 aliphatic rings. The van der Waals surface area contributed by atoms with E-state index in [-0.39, 0.29) is 48.4 Å². The molecular formula is C36H57N5O10S. The van der Waals surface area contributed by atoms with Crippen LogP contribution in [0, 0.1) is 24.7 Å². The smallest absolute Gasteiger partial charge is 0.410 e. The second-order valence-corrected chi connectivity index (χ2v) is 16.5. The van der Waals surface area contributed by atoms with Crippen molar-refractivity contribution in [3.05, 3.63) is 29.8 Å². The number of carboxylic acid groups (broad SMARTS) is 1. The Hall–Kier alpha value is -3.92. The highest BCUT2D eigenvalue weighted by Crippen LogP contribution is 2.29. The van der Waals surface area contributed by atoms with Gasteiger partial charge in [-0.1, -0.05) is 12.1 Å². The number of sulfonamides is 1. The molecule has 2 atom stereocenters. The summed E-state index contributed by atoms with van der Waals surface area (Å²) in [5, 5.41) is 14.5. The predicted octanol–water partition coefficient (Wildman–Crippen LogP) is 3.65. The zero-order valence-electron chi connectivity index (χ0n) is 31.1. The molecule has 2 fully saturated rings. The van der Waals surface area contributed by atoms with Crippen molar-refractivity contribution in [3.63, 3.8) is 0 Å². The molecule has 4 N–H and O–H groups in total. The summed E-state index contributed by atoms with van der Waals surface area (Å²) < 4.78 is 38.8. The third kappa shape index (κ3) is 14.2. The van der Waals surface area contributed by atoms with Gasteiger partial charge in [0.15, 0.2) is 0 Å². The molecule has 15 nitrogen and oxygen atoms in total. The average molecular weight is 752 g/mol. The van der Waals surface area contributed by atoms with Gasteiger partial charge in [0.2, 0.25) is 21.8 Å². The summed E-state index contributed by atoms with van der Waals surface area (Å²) in [5.41, 5.74) is 0.141. The largest absolute Gasteiger partial charge is 0.465 e. The molecule has 0 saturated carbocycles. The molecule has 16 heteroatoms. The maximum Gasteiger partial charge on any atom is 0.410 e. The van der Waals surface area contributed by atoms with Crippen molar-refractivity contribution in [2.24, 2.45) is 17.8 Å². The maximum atomic E-state index is 13.5. The Morgan fingerprint density at radius 2 is 1.50 bits per heavy atom. The molecule has 4 amide bonds. The molecule has 52 heavy (non-hydrogen) atoms. The summed E-state index contributed by atoms with van der Waals surface area (Å²) in [5.74, 6) is -1.52. The lowest BCUT2D eigenvalue weighted by Gasteiger charge is -2.34. The fourth-order valence-electron chi connectivity index (χ4n) is 6.47. The lowest BCUT2D eigenvalue weighted by Crippen LogP contribution is -2.50. The molecule has 2 aliphatic heterocycles. The van der Waals surface area contributed by atoms with Crippen LogP contribution >= 0.6 is 0 Å². The highest BCUT2D eigenvalue weighted by molar-refractivity contribution is 7.89. The molecule has 0 aromatic heterocycles. The number of benzene rings is 1. The van der Waals surface area contributed by atoms with Crippen molar-refractivity contribution in [2.75, 3.05) is 45.9 Å². The van der Waals surface area contributed by atoms with Crippen molar-refractivity contribution >= 4 is 40.0 Å². The van der Waals surface area contributed by atoms with Crippen LogP contribution in [0.1, 0.15) is 84.6 Å². The number of likely N-dealkylation sites (tertiary alicyclic amines) is 2. The second kappa shape index (κ2) is 19.8. The third-order valence-electron chi connectivity index (χ3n) is 9.46. The van der Waals surface area contributed by atoms with Crippen LogP contribution in [0.15, 0.2) is 29.2 Å². The van der Waals surface area contributed by atoms with Gasteiger partial charge in [0.25, 0.3) is 0 Å². The summed E-state index contributed by atoms with van der Waals surface area (Å²) in [7, 11) is -4.11. The van der Waals surface area contributed by atoms with E-state index in [9.17, 15) is 37.5 Å². The maximum absolute atomic E-state index is 13.5. The highest BCUT2D eigenvalue weighted by atomic mass is 32.2. The number of nitrogens with one attached hydrogen (secondary N) is 3. The average Bonchev–Trinajstić information content (AvgIpc) is 3.08. The Morgan fingerprint density at radius 1 is 0.923 bits per heavy atom. The van der Waals surface area contributed by atoms with Gasteiger partial charge in [0, 0.05) is 38.6 Å². The van der Waals surface area contributed by atoms with Gasteiger partial charge in [-0.05, 0) is 116 Å². The SMILES string of the molecule is CCOC(=O)[C@H](CNC(=O)CNC(=O)C(CCC1CCN(C(=O)O)CC1)CCC1CCN(C(=O)OC(C)(C)C)CC1)NS(=O)(=O)c1cccc(C)c1. The van der Waals surface area contributed by atoms with Gasteiger partial charge in [-0.25, -0.2) is 18.0 Å². The van der Waals surface area contributed by atoms with E-state index in [1.165, 1.54) is 17.0 Å². The number of esters is 1. The molecule has 1 unspecified atom stereocenters. The number of carbonyl (C=O) groups excluding carboxylic acids is 4. The van der Waals surface area contributed by atoms with Crippen molar-refractivity contribution in [1.29, 1.82) is 0 Å². The van der Waals surface area contributed by atoms with Gasteiger partial charge in [-0.15, -0.1) is 0 Å². The first-order valence-electron chi connectivity index (χ1n) is 18.2. The molecule has 1 aromatic rings. The quantitative estimate of drug-likeness (QED) is 0.181. The number of hydrogen-bond donors (Lipinski definition) is 4. The van der Waals surface area contributed by atoms with E-state index in [0.29, 0.717) is 50.5 Å². The number of nitrogens with zero attached hydrogens (tertiary/aromatic N) is 2. The van der Waals surface area contributed by atoms with Crippen molar-refractivity contribution in [1.82, 2.24) is 25.2 Å². The van der Waals surface area contributed by atoms with E-state index in [0.717, 1.165) is 38.5 Å². The molecule has 1 aromatic carbocycles. The van der Waals surface area contributed by atoms with Crippen LogP contribution in [0.25, 0.3) is 0 Å². The van der Waals surface area contributed by atoms with Crippen molar-refractivity contribution in [3.8, 4) is 0 Å². The summed E-state index contributed by atoms with van der Waals surface area (Å²) in [4.78, 5) is 65.9. The van der Waals surface area contributed by atoms with Crippen LogP contribution in [-0.2, 0) is 33.9 Å². The first-order chi connectivity index (χ1) is 24.5. The first kappa shape index (κ1) is 42.5. The fraction of sp³-hybridized carbons (Fsp3) is 0.694. The van der Waals surface area contributed by atoms with Crippen molar-refractivity contribution in [2.45, 2.75) is 103 Å². The molecule has 0 bridgehead atoms. The topological polar surface area (TPSA) is 201 Å². The zero-order valence-corrected chi connectivity index (χ0v) is 32.0. The van der Waals surface area contributed by atoms with Gasteiger partial charge in [0.05, 0.1) is 18.0 Å². The van der Waals surface area contributed by atoms with Gasteiger partial charge in [0.1, 0.15) is 11.6 Å². The highest BCUT2D eigenvalue weighted by Gasteiger charge is 2.31. The molecular weight excluding hydrogens is 694 g/mol. The van der Waals surface area contributed by atoms with E-state index in [2.05, 4.69) is 15.4 Å². The van der Waals surface area contributed by atoms with Crippen LogP contribution in [0.4, 0.5) is 9.59 Å². The minimum absolute atomic E-state index is 0.00836. The van der Waals surface area contributed by atoms with E-state index in [1.54, 1.807) is 30.9 Å². The molecule has 3 rings (SSSR count). The van der Waals surface area contributed by atoms with Gasteiger partial charge in [-0.3, -0.25) is 14.4 Å². The molecule has 0 aliphatic carbocycles. The van der Waals surface area contributed by atoms with Crippen LogP contribution in [0.3, 0.4) is 0 Å². The minimum atomic E-state index is -4.11. The molecule has 2 saturated heterocycles. The predicted molar refractivity (Wildman–Crippen MR) is 193 cm³/mol. The van der Waals surface area contributed by atoms with Crippen LogP contribution in [-0.4, -0.2) is 111 Å². The fourth-order valence-corrected chi connectivity index (χ4v) is 7.76. The number of hydrogen-bond acceptors (Lipinski definition) is 9. The van der Waals surface area contributed by atoms with Gasteiger partial charge >= 0.3 is 18.2 Å². The van der Waals surface area contributed by atoms with Crippen LogP contribution in [0.2, 0.25) is 0 Å². The summed E-state index contributed by atoms with van der Waals surface area (Å²) in [6.45, 7) is 10.1. The van der Waals surface area contributed by atoms with E-state index in [4.69, 9.17) is 9.47 Å². The van der Waals surface area contributed by atoms with E-state index >= 15 is 0 Å². The monoisotopic (exact) mass is 751 g/mol. The van der Waals surface area contributed by atoms with Gasteiger partial charge < -0.3 is 35.0 Å². The lowest BCUT2D eigenvalue weighted by molar-refractivity contribution is -0.145. The summed E-state index contributed by atoms with van der Waals surface area (Å²) in [6, 6.07) is 4.78. The normalized spacial score (nSPS) is 17.2. The molecule has 0 spiro atoms. The minimum Gasteiger partial charge on any atom is -0.465 e. The van der Waals surface area contributed by atoms with E-state index in [1.807, 2.05) is 20.8 Å².